The predicted molar refractivity (Wildman–Crippen MR) is 254 cm³/mol. The molecule has 1 fully saturated rings. The molecule has 0 aromatic heterocycles. The van der Waals surface area contributed by atoms with Crippen molar-refractivity contribution >= 4 is 34.1 Å². The van der Waals surface area contributed by atoms with Crippen molar-refractivity contribution in [2.45, 2.75) is 57.3 Å². The van der Waals surface area contributed by atoms with Crippen LogP contribution in [0.25, 0.3) is 22.3 Å². The maximum Gasteiger partial charge on any atom is 0.0465 e. The number of nitrogens with zero attached hydrogens (tertiary/aromatic N) is 2. The van der Waals surface area contributed by atoms with Gasteiger partial charge in [-0.15, -0.1) is 0 Å². The Hall–Kier alpha value is -6.64. The zero-order valence-corrected chi connectivity index (χ0v) is 34.9. The summed E-state index contributed by atoms with van der Waals surface area (Å²) in [6.07, 6.45) is 4.78. The Morgan fingerprint density at radius 2 is 0.900 bits per heavy atom. The van der Waals surface area contributed by atoms with Crippen molar-refractivity contribution in [2.24, 2.45) is 5.92 Å². The molecule has 0 heterocycles. The van der Waals surface area contributed by atoms with Crippen LogP contribution in [0.4, 0.5) is 34.1 Å². The fourth-order valence-electron chi connectivity index (χ4n) is 10.5. The van der Waals surface area contributed by atoms with Gasteiger partial charge >= 0.3 is 0 Å². The average Bonchev–Trinajstić information content (AvgIpc) is 3.53. The van der Waals surface area contributed by atoms with Crippen molar-refractivity contribution in [3.8, 4) is 22.3 Å². The first-order chi connectivity index (χ1) is 29.4. The summed E-state index contributed by atoms with van der Waals surface area (Å²) in [7, 11) is 0. The van der Waals surface area contributed by atoms with E-state index in [4.69, 9.17) is 0 Å². The first-order valence-corrected chi connectivity index (χ1v) is 21.7. The number of para-hydroxylation sites is 3. The van der Waals surface area contributed by atoms with Crippen LogP contribution in [0, 0.1) is 5.92 Å². The minimum atomic E-state index is -0.142. The Kier molecular flexibility index (Phi) is 9.73. The van der Waals surface area contributed by atoms with Gasteiger partial charge in [0.15, 0.2) is 0 Å². The van der Waals surface area contributed by atoms with Gasteiger partial charge in [-0.3, -0.25) is 0 Å². The molecule has 8 aromatic carbocycles. The van der Waals surface area contributed by atoms with Crippen LogP contribution >= 0.6 is 0 Å². The SMILES string of the molecule is CC1CCCC(c2ccc(N(c3ccccc3)c3ccccc3)cc2)(c2ccc(N(c3ccccc3)c3ccc4c(c3)C(C)(C)c3cccc(-c5ccccc5)c3-4)cc2)C1. The minimum Gasteiger partial charge on any atom is -0.311 e. The Bertz CT molecular complexity index is 2680. The molecule has 10 rings (SSSR count). The monoisotopic (exact) mass is 776 g/mol. The lowest BCUT2D eigenvalue weighted by Crippen LogP contribution is -2.33. The third-order valence-electron chi connectivity index (χ3n) is 13.4. The van der Waals surface area contributed by atoms with Gasteiger partial charge in [0.1, 0.15) is 0 Å². The fraction of sp³-hybridized carbons (Fsp3) is 0.172. The lowest BCUT2D eigenvalue weighted by molar-refractivity contribution is 0.272. The molecule has 8 aromatic rings. The highest BCUT2D eigenvalue weighted by Crippen LogP contribution is 2.54. The van der Waals surface area contributed by atoms with E-state index in [0.717, 1.165) is 29.9 Å². The van der Waals surface area contributed by atoms with E-state index in [1.54, 1.807) is 0 Å². The smallest absolute Gasteiger partial charge is 0.0465 e. The quantitative estimate of drug-likeness (QED) is 0.144. The number of hydrogen-bond acceptors (Lipinski definition) is 2. The number of fused-ring (bicyclic) bond motifs is 3. The van der Waals surface area contributed by atoms with E-state index >= 15 is 0 Å². The molecule has 1 saturated carbocycles. The molecular formula is C58H52N2. The van der Waals surface area contributed by atoms with Gasteiger partial charge in [0.25, 0.3) is 0 Å². The van der Waals surface area contributed by atoms with E-state index in [-0.39, 0.29) is 10.8 Å². The molecule has 0 bridgehead atoms. The van der Waals surface area contributed by atoms with Crippen molar-refractivity contribution in [1.82, 2.24) is 0 Å². The normalized spacial score (nSPS) is 17.7. The van der Waals surface area contributed by atoms with Crippen molar-refractivity contribution in [3.63, 3.8) is 0 Å². The molecule has 2 heteroatoms. The third-order valence-corrected chi connectivity index (χ3v) is 13.4. The Morgan fingerprint density at radius 3 is 1.42 bits per heavy atom. The highest BCUT2D eigenvalue weighted by molar-refractivity contribution is 5.94. The van der Waals surface area contributed by atoms with Crippen LogP contribution in [0.2, 0.25) is 0 Å². The zero-order valence-electron chi connectivity index (χ0n) is 34.9. The van der Waals surface area contributed by atoms with Crippen molar-refractivity contribution in [2.75, 3.05) is 9.80 Å². The summed E-state index contributed by atoms with van der Waals surface area (Å²) in [5.41, 5.74) is 17.6. The van der Waals surface area contributed by atoms with Gasteiger partial charge < -0.3 is 9.80 Å². The van der Waals surface area contributed by atoms with E-state index in [2.05, 4.69) is 237 Å². The highest BCUT2D eigenvalue weighted by Gasteiger charge is 2.39. The standard InChI is InChI=1S/C58H52N2/c1-42-18-17-39-58(41-42,44-29-33-49(34-30-44)59(46-21-10-5-11-22-46)47-23-12-6-13-24-47)45-31-35-50(36-32-45)60(48-25-14-7-15-26-48)51-37-38-53-55(40-51)57(2,3)54-28-16-27-52(56(53)54)43-19-8-4-9-20-43/h4-16,19-38,40,42H,17-18,39,41H2,1-3H3. The van der Waals surface area contributed by atoms with Crippen LogP contribution < -0.4 is 9.80 Å². The molecule has 2 unspecified atom stereocenters. The fourth-order valence-corrected chi connectivity index (χ4v) is 10.5. The zero-order chi connectivity index (χ0) is 40.7. The van der Waals surface area contributed by atoms with Crippen LogP contribution in [-0.2, 0) is 10.8 Å². The van der Waals surface area contributed by atoms with Gasteiger partial charge in [-0.2, -0.15) is 0 Å². The topological polar surface area (TPSA) is 6.48 Å². The molecule has 0 aliphatic heterocycles. The van der Waals surface area contributed by atoms with E-state index in [1.807, 2.05) is 0 Å². The molecule has 2 aliphatic carbocycles. The Morgan fingerprint density at radius 1 is 0.433 bits per heavy atom. The average molecular weight is 777 g/mol. The van der Waals surface area contributed by atoms with E-state index in [9.17, 15) is 0 Å². The molecule has 0 N–H and O–H groups in total. The van der Waals surface area contributed by atoms with E-state index in [1.165, 1.54) is 74.4 Å². The summed E-state index contributed by atoms with van der Waals surface area (Å²) in [5, 5.41) is 0. The maximum atomic E-state index is 2.45. The van der Waals surface area contributed by atoms with Gasteiger partial charge in [0, 0.05) is 45.0 Å². The van der Waals surface area contributed by atoms with Gasteiger partial charge in [-0.05, 0) is 136 Å². The van der Waals surface area contributed by atoms with Gasteiger partial charge in [0.2, 0.25) is 0 Å². The van der Waals surface area contributed by atoms with Crippen LogP contribution in [-0.4, -0.2) is 0 Å². The second-order valence-corrected chi connectivity index (χ2v) is 17.5. The second kappa shape index (κ2) is 15.5. The summed E-state index contributed by atoms with van der Waals surface area (Å²) in [4.78, 5) is 4.79. The summed E-state index contributed by atoms with van der Waals surface area (Å²) in [6, 6.07) is 76.1. The van der Waals surface area contributed by atoms with Gasteiger partial charge in [0.05, 0.1) is 0 Å². The van der Waals surface area contributed by atoms with Crippen LogP contribution in [0.1, 0.15) is 68.7 Å². The molecule has 2 nitrogen and oxygen atoms in total. The molecule has 0 radical (unpaired) electrons. The number of hydrogen-bond donors (Lipinski definition) is 0. The minimum absolute atomic E-state index is 0.0591. The van der Waals surface area contributed by atoms with Gasteiger partial charge in [-0.25, -0.2) is 0 Å². The maximum absolute atomic E-state index is 2.45. The summed E-state index contributed by atoms with van der Waals surface area (Å²) in [6.45, 7) is 7.21. The van der Waals surface area contributed by atoms with E-state index in [0.29, 0.717) is 5.92 Å². The largest absolute Gasteiger partial charge is 0.311 e. The summed E-state index contributed by atoms with van der Waals surface area (Å²) < 4.78 is 0. The predicted octanol–water partition coefficient (Wildman–Crippen LogP) is 16.1. The number of benzene rings is 8. The molecule has 60 heavy (non-hydrogen) atoms. The van der Waals surface area contributed by atoms with Crippen molar-refractivity contribution in [1.29, 1.82) is 0 Å². The lowest BCUT2D eigenvalue weighted by Gasteiger charge is -2.42. The van der Waals surface area contributed by atoms with Crippen molar-refractivity contribution < 1.29 is 0 Å². The van der Waals surface area contributed by atoms with Crippen molar-refractivity contribution in [3.05, 3.63) is 229 Å². The molecule has 0 spiro atoms. The van der Waals surface area contributed by atoms with Crippen LogP contribution in [0.3, 0.4) is 0 Å². The second-order valence-electron chi connectivity index (χ2n) is 17.5. The molecule has 2 atom stereocenters. The van der Waals surface area contributed by atoms with Crippen LogP contribution in [0.15, 0.2) is 206 Å². The van der Waals surface area contributed by atoms with E-state index < -0.39 is 0 Å². The Balaban J connectivity index is 1.03. The summed E-state index contributed by atoms with van der Waals surface area (Å²) >= 11 is 0. The molecule has 2 aliphatic rings. The molecule has 0 saturated heterocycles. The summed E-state index contributed by atoms with van der Waals surface area (Å²) in [5.74, 6) is 0.644. The molecular weight excluding hydrogens is 725 g/mol. The van der Waals surface area contributed by atoms with Gasteiger partial charge in [-0.1, -0.05) is 167 Å². The molecule has 0 amide bonds. The molecule has 294 valence electrons. The first-order valence-electron chi connectivity index (χ1n) is 21.7. The Labute approximate surface area is 356 Å². The third kappa shape index (κ3) is 6.61. The van der Waals surface area contributed by atoms with Crippen LogP contribution in [0.5, 0.6) is 0 Å². The highest BCUT2D eigenvalue weighted by atomic mass is 15.1. The lowest BCUT2D eigenvalue weighted by atomic mass is 9.62. The number of anilines is 6. The number of rotatable bonds is 9. The first kappa shape index (κ1) is 37.6.